The van der Waals surface area contributed by atoms with Crippen molar-refractivity contribution < 1.29 is 9.47 Å². The van der Waals surface area contributed by atoms with Gasteiger partial charge in [-0.1, -0.05) is 0 Å². The monoisotopic (exact) mass is 322 g/mol. The van der Waals surface area contributed by atoms with E-state index in [9.17, 15) is 0 Å². The topological polar surface area (TPSA) is 24.9 Å². The molecule has 3 heterocycles. The fourth-order valence-electron chi connectivity index (χ4n) is 5.27. The number of hydrogen-bond donors (Lipinski definition) is 0. The second-order valence-corrected chi connectivity index (χ2v) is 8.51. The molecule has 2 unspecified atom stereocenters. The summed E-state index contributed by atoms with van der Waals surface area (Å²) in [4.78, 5) is 5.35. The summed E-state index contributed by atoms with van der Waals surface area (Å²) in [5.74, 6) is 0.931. The second-order valence-electron chi connectivity index (χ2n) is 8.51. The first-order chi connectivity index (χ1) is 11.2. The van der Waals surface area contributed by atoms with Crippen LogP contribution >= 0.6 is 0 Å². The Morgan fingerprint density at radius 3 is 2.04 bits per heavy atom. The highest BCUT2D eigenvalue weighted by Crippen LogP contribution is 2.40. The van der Waals surface area contributed by atoms with Gasteiger partial charge in [0.2, 0.25) is 0 Å². The van der Waals surface area contributed by atoms with Crippen LogP contribution in [0.5, 0.6) is 0 Å². The SMILES string of the molecule is COC1CC(OC2CC3CCC(C2)N3CC2CCN(C)CC2)C1. The van der Waals surface area contributed by atoms with E-state index in [2.05, 4.69) is 16.8 Å². The third kappa shape index (κ3) is 3.60. The van der Waals surface area contributed by atoms with Gasteiger partial charge >= 0.3 is 0 Å². The average molecular weight is 322 g/mol. The quantitative estimate of drug-likeness (QED) is 0.776. The summed E-state index contributed by atoms with van der Waals surface area (Å²) in [6.45, 7) is 3.94. The van der Waals surface area contributed by atoms with Crippen molar-refractivity contribution in [3.05, 3.63) is 0 Å². The van der Waals surface area contributed by atoms with Crippen molar-refractivity contribution in [1.29, 1.82) is 0 Å². The highest BCUT2D eigenvalue weighted by Gasteiger charge is 2.43. The molecule has 4 nitrogen and oxygen atoms in total. The second kappa shape index (κ2) is 6.99. The van der Waals surface area contributed by atoms with E-state index >= 15 is 0 Å². The molecule has 4 heteroatoms. The maximum Gasteiger partial charge on any atom is 0.0628 e. The highest BCUT2D eigenvalue weighted by atomic mass is 16.5. The van der Waals surface area contributed by atoms with E-state index in [-0.39, 0.29) is 0 Å². The van der Waals surface area contributed by atoms with Crippen molar-refractivity contribution in [2.75, 3.05) is 33.8 Å². The van der Waals surface area contributed by atoms with Gasteiger partial charge in [-0.25, -0.2) is 0 Å². The molecule has 0 aromatic carbocycles. The zero-order chi connectivity index (χ0) is 15.8. The Bertz CT molecular complexity index is 377. The highest BCUT2D eigenvalue weighted by molar-refractivity contribution is 4.97. The normalized spacial score (nSPS) is 42.8. The zero-order valence-corrected chi connectivity index (χ0v) is 15.0. The van der Waals surface area contributed by atoms with Crippen molar-refractivity contribution in [3.8, 4) is 0 Å². The molecule has 4 fully saturated rings. The average Bonchev–Trinajstić information content (AvgIpc) is 2.75. The van der Waals surface area contributed by atoms with Crippen LogP contribution in [0.25, 0.3) is 0 Å². The van der Waals surface area contributed by atoms with E-state index in [1.54, 1.807) is 0 Å². The minimum Gasteiger partial charge on any atom is -0.381 e. The summed E-state index contributed by atoms with van der Waals surface area (Å²) in [6.07, 6.45) is 11.8. The molecule has 4 aliphatic rings. The van der Waals surface area contributed by atoms with Crippen LogP contribution in [0.15, 0.2) is 0 Å². The molecule has 1 aliphatic carbocycles. The largest absolute Gasteiger partial charge is 0.381 e. The third-order valence-corrected chi connectivity index (χ3v) is 6.92. The molecular weight excluding hydrogens is 288 g/mol. The summed E-state index contributed by atoms with van der Waals surface area (Å²) in [5.41, 5.74) is 0. The predicted molar refractivity (Wildman–Crippen MR) is 91.7 cm³/mol. The van der Waals surface area contributed by atoms with E-state index in [4.69, 9.17) is 9.47 Å². The van der Waals surface area contributed by atoms with Crippen LogP contribution < -0.4 is 0 Å². The summed E-state index contributed by atoms with van der Waals surface area (Å²) in [7, 11) is 4.08. The summed E-state index contributed by atoms with van der Waals surface area (Å²) in [6, 6.07) is 1.61. The van der Waals surface area contributed by atoms with Crippen molar-refractivity contribution in [1.82, 2.24) is 9.80 Å². The minimum absolute atomic E-state index is 0.459. The van der Waals surface area contributed by atoms with E-state index < -0.39 is 0 Å². The number of ether oxygens (including phenoxy) is 2. The molecule has 2 atom stereocenters. The number of nitrogens with zero attached hydrogens (tertiary/aromatic N) is 2. The lowest BCUT2D eigenvalue weighted by Crippen LogP contribution is -2.50. The molecular formula is C19H34N2O2. The Labute approximate surface area is 141 Å². The van der Waals surface area contributed by atoms with Gasteiger partial charge in [0.15, 0.2) is 0 Å². The lowest BCUT2D eigenvalue weighted by atomic mass is 9.90. The Hall–Kier alpha value is -0.160. The van der Waals surface area contributed by atoms with Gasteiger partial charge in [-0.2, -0.15) is 0 Å². The van der Waals surface area contributed by atoms with Crippen LogP contribution in [0.2, 0.25) is 0 Å². The smallest absolute Gasteiger partial charge is 0.0628 e. The first-order valence-electron chi connectivity index (χ1n) is 9.83. The van der Waals surface area contributed by atoms with Crippen LogP contribution in [-0.2, 0) is 9.47 Å². The van der Waals surface area contributed by atoms with Crippen molar-refractivity contribution in [2.45, 2.75) is 81.8 Å². The lowest BCUT2D eigenvalue weighted by molar-refractivity contribution is -0.134. The number of hydrogen-bond acceptors (Lipinski definition) is 4. The number of fused-ring (bicyclic) bond motifs is 2. The predicted octanol–water partition coefficient (Wildman–Crippen LogP) is 2.52. The fourth-order valence-corrected chi connectivity index (χ4v) is 5.27. The molecule has 0 amide bonds. The number of likely N-dealkylation sites (tertiary alicyclic amines) is 1. The lowest BCUT2D eigenvalue weighted by Gasteiger charge is -2.44. The van der Waals surface area contributed by atoms with Crippen LogP contribution in [0.1, 0.15) is 51.4 Å². The Morgan fingerprint density at radius 1 is 0.826 bits per heavy atom. The standard InChI is InChI=1S/C19H34N2O2/c1-20-7-5-14(6-8-20)13-21-15-3-4-16(21)10-18(9-15)23-19-11-17(12-19)22-2/h14-19H,3-13H2,1-2H3. The molecule has 23 heavy (non-hydrogen) atoms. The van der Waals surface area contributed by atoms with E-state index in [1.807, 2.05) is 7.11 Å². The zero-order valence-electron chi connectivity index (χ0n) is 15.0. The molecule has 0 radical (unpaired) electrons. The van der Waals surface area contributed by atoms with Gasteiger partial charge in [0.25, 0.3) is 0 Å². The Morgan fingerprint density at radius 2 is 1.43 bits per heavy atom. The van der Waals surface area contributed by atoms with Gasteiger partial charge in [0.1, 0.15) is 0 Å². The first-order valence-corrected chi connectivity index (χ1v) is 9.83. The van der Waals surface area contributed by atoms with Crippen molar-refractivity contribution >= 4 is 0 Å². The van der Waals surface area contributed by atoms with Gasteiger partial charge in [-0.15, -0.1) is 0 Å². The van der Waals surface area contributed by atoms with E-state index in [0.717, 1.165) is 30.8 Å². The maximum atomic E-state index is 6.38. The van der Waals surface area contributed by atoms with Crippen LogP contribution in [-0.4, -0.2) is 74.0 Å². The minimum atomic E-state index is 0.459. The molecule has 0 spiro atoms. The maximum absolute atomic E-state index is 6.38. The number of piperidine rings is 2. The molecule has 3 saturated heterocycles. The number of rotatable bonds is 5. The molecule has 0 N–H and O–H groups in total. The van der Waals surface area contributed by atoms with E-state index in [0.29, 0.717) is 18.3 Å². The van der Waals surface area contributed by atoms with Crippen molar-refractivity contribution in [3.63, 3.8) is 0 Å². The Balaban J connectivity index is 1.25. The van der Waals surface area contributed by atoms with Crippen molar-refractivity contribution in [2.24, 2.45) is 5.92 Å². The molecule has 4 rings (SSSR count). The van der Waals surface area contributed by atoms with Gasteiger partial charge in [-0.05, 0) is 77.4 Å². The fraction of sp³-hybridized carbons (Fsp3) is 1.00. The van der Waals surface area contributed by atoms with Crippen LogP contribution in [0.4, 0.5) is 0 Å². The summed E-state index contributed by atoms with van der Waals surface area (Å²) < 4.78 is 11.8. The van der Waals surface area contributed by atoms with E-state index in [1.165, 1.54) is 58.2 Å². The molecule has 2 bridgehead atoms. The first kappa shape index (κ1) is 16.3. The molecule has 3 aliphatic heterocycles. The summed E-state index contributed by atoms with van der Waals surface area (Å²) >= 11 is 0. The molecule has 0 aromatic rings. The van der Waals surface area contributed by atoms with Crippen LogP contribution in [0, 0.1) is 5.92 Å². The number of methoxy groups -OCH3 is 1. The van der Waals surface area contributed by atoms with Crippen LogP contribution in [0.3, 0.4) is 0 Å². The summed E-state index contributed by atoms with van der Waals surface area (Å²) in [5, 5.41) is 0. The van der Waals surface area contributed by atoms with Gasteiger partial charge in [0, 0.05) is 25.7 Å². The van der Waals surface area contributed by atoms with Gasteiger partial charge in [-0.3, -0.25) is 4.90 Å². The van der Waals surface area contributed by atoms with Gasteiger partial charge in [0.05, 0.1) is 18.3 Å². The molecule has 0 aromatic heterocycles. The third-order valence-electron chi connectivity index (χ3n) is 6.92. The Kier molecular flexibility index (Phi) is 4.96. The molecule has 1 saturated carbocycles. The van der Waals surface area contributed by atoms with Gasteiger partial charge < -0.3 is 14.4 Å². The molecule has 132 valence electrons.